The maximum Gasteiger partial charge on any atom is 0.133 e. The average molecular weight is 344 g/mol. The van der Waals surface area contributed by atoms with Gasteiger partial charge in [-0.05, 0) is 30.2 Å². The van der Waals surface area contributed by atoms with Crippen LogP contribution in [0.4, 0.5) is 5.82 Å². The minimum Gasteiger partial charge on any atom is -0.369 e. The molecule has 0 aliphatic carbocycles. The van der Waals surface area contributed by atoms with Crippen molar-refractivity contribution in [3.63, 3.8) is 0 Å². The van der Waals surface area contributed by atoms with Gasteiger partial charge in [0.1, 0.15) is 5.82 Å². The van der Waals surface area contributed by atoms with Crippen molar-refractivity contribution < 1.29 is 0 Å². The van der Waals surface area contributed by atoms with E-state index in [2.05, 4.69) is 29.6 Å². The normalized spacial score (nSPS) is 13.0. The van der Waals surface area contributed by atoms with Crippen LogP contribution in [0.3, 0.4) is 0 Å². The zero-order chi connectivity index (χ0) is 15.8. The molecule has 1 N–H and O–H groups in total. The summed E-state index contributed by atoms with van der Waals surface area (Å²) < 4.78 is 1.90. The SMILES string of the molecule is Clc1ccc(-n2nc(Cc3ccccc3)c3c2NCC3)c(Cl)c1. The van der Waals surface area contributed by atoms with Crippen LogP contribution in [-0.2, 0) is 12.8 Å². The highest BCUT2D eigenvalue weighted by molar-refractivity contribution is 6.35. The third kappa shape index (κ3) is 2.71. The lowest BCUT2D eigenvalue weighted by atomic mass is 10.1. The second-order valence-corrected chi connectivity index (χ2v) is 6.46. The van der Waals surface area contributed by atoms with Gasteiger partial charge in [0, 0.05) is 23.6 Å². The van der Waals surface area contributed by atoms with E-state index >= 15 is 0 Å². The number of nitrogens with zero attached hydrogens (tertiary/aromatic N) is 2. The van der Waals surface area contributed by atoms with E-state index in [0.29, 0.717) is 10.0 Å². The third-order valence-corrected chi connectivity index (χ3v) is 4.62. The molecule has 1 aliphatic heterocycles. The summed E-state index contributed by atoms with van der Waals surface area (Å²) in [5.41, 5.74) is 4.48. The van der Waals surface area contributed by atoms with Gasteiger partial charge >= 0.3 is 0 Å². The molecule has 2 aromatic carbocycles. The molecule has 0 atom stereocenters. The minimum absolute atomic E-state index is 0.600. The molecule has 1 aliphatic rings. The zero-order valence-electron chi connectivity index (χ0n) is 12.4. The Balaban J connectivity index is 1.78. The van der Waals surface area contributed by atoms with Gasteiger partial charge in [-0.25, -0.2) is 4.68 Å². The number of hydrogen-bond donors (Lipinski definition) is 1. The van der Waals surface area contributed by atoms with E-state index in [4.69, 9.17) is 28.3 Å². The van der Waals surface area contributed by atoms with Crippen LogP contribution in [0.5, 0.6) is 0 Å². The number of halogens is 2. The van der Waals surface area contributed by atoms with Crippen molar-refractivity contribution >= 4 is 29.0 Å². The lowest BCUT2D eigenvalue weighted by Crippen LogP contribution is -2.05. The molecule has 0 bridgehead atoms. The van der Waals surface area contributed by atoms with Crippen LogP contribution in [0, 0.1) is 0 Å². The Morgan fingerprint density at radius 1 is 1.09 bits per heavy atom. The van der Waals surface area contributed by atoms with Gasteiger partial charge in [-0.3, -0.25) is 0 Å². The molecule has 0 fully saturated rings. The Morgan fingerprint density at radius 2 is 1.91 bits per heavy atom. The van der Waals surface area contributed by atoms with Crippen LogP contribution in [0.1, 0.15) is 16.8 Å². The maximum absolute atomic E-state index is 6.36. The standard InChI is InChI=1S/C18H15Cl2N3/c19-13-6-7-17(15(20)11-13)23-18-14(8-9-21-18)16(22-23)10-12-4-2-1-3-5-12/h1-7,11,21H,8-10H2. The highest BCUT2D eigenvalue weighted by atomic mass is 35.5. The quantitative estimate of drug-likeness (QED) is 0.744. The Labute approximate surface area is 144 Å². The summed E-state index contributed by atoms with van der Waals surface area (Å²) in [6.07, 6.45) is 1.81. The Morgan fingerprint density at radius 3 is 2.70 bits per heavy atom. The number of fused-ring (bicyclic) bond motifs is 1. The zero-order valence-corrected chi connectivity index (χ0v) is 13.9. The first-order chi connectivity index (χ1) is 11.2. The molecule has 0 spiro atoms. The predicted molar refractivity (Wildman–Crippen MR) is 95.0 cm³/mol. The first-order valence-electron chi connectivity index (χ1n) is 7.56. The summed E-state index contributed by atoms with van der Waals surface area (Å²) in [5.74, 6) is 1.04. The number of benzene rings is 2. The van der Waals surface area contributed by atoms with Crippen molar-refractivity contribution in [1.29, 1.82) is 0 Å². The molecule has 3 nitrogen and oxygen atoms in total. The van der Waals surface area contributed by atoms with Crippen molar-refractivity contribution in [1.82, 2.24) is 9.78 Å². The lowest BCUT2D eigenvalue weighted by molar-refractivity contribution is 0.840. The second kappa shape index (κ2) is 5.91. The van der Waals surface area contributed by atoms with Crippen LogP contribution in [0.15, 0.2) is 48.5 Å². The highest BCUT2D eigenvalue weighted by Crippen LogP contribution is 2.33. The van der Waals surface area contributed by atoms with Crippen LogP contribution < -0.4 is 5.32 Å². The van der Waals surface area contributed by atoms with E-state index in [0.717, 1.165) is 36.6 Å². The Kier molecular flexibility index (Phi) is 3.76. The smallest absolute Gasteiger partial charge is 0.133 e. The van der Waals surface area contributed by atoms with Crippen LogP contribution in [0.25, 0.3) is 5.69 Å². The molecule has 0 radical (unpaired) electrons. The molecule has 0 unspecified atom stereocenters. The largest absolute Gasteiger partial charge is 0.369 e. The van der Waals surface area contributed by atoms with Crippen molar-refractivity contribution in [2.24, 2.45) is 0 Å². The minimum atomic E-state index is 0.600. The van der Waals surface area contributed by atoms with Crippen LogP contribution >= 0.6 is 23.2 Å². The molecule has 0 saturated carbocycles. The summed E-state index contributed by atoms with van der Waals surface area (Å²) in [6, 6.07) is 15.9. The first-order valence-corrected chi connectivity index (χ1v) is 8.32. The molecule has 0 amide bonds. The van der Waals surface area contributed by atoms with E-state index in [1.165, 1.54) is 11.1 Å². The summed E-state index contributed by atoms with van der Waals surface area (Å²) in [6.45, 7) is 0.931. The Hall–Kier alpha value is -1.97. The van der Waals surface area contributed by atoms with E-state index < -0.39 is 0 Å². The van der Waals surface area contributed by atoms with Gasteiger partial charge in [-0.15, -0.1) is 0 Å². The lowest BCUT2D eigenvalue weighted by Gasteiger charge is -2.08. The summed E-state index contributed by atoms with van der Waals surface area (Å²) in [7, 11) is 0. The molecular formula is C18H15Cl2N3. The van der Waals surface area contributed by atoms with Crippen LogP contribution in [-0.4, -0.2) is 16.3 Å². The number of anilines is 1. The number of rotatable bonds is 3. The van der Waals surface area contributed by atoms with Gasteiger partial charge in [-0.1, -0.05) is 53.5 Å². The summed E-state index contributed by atoms with van der Waals surface area (Å²) in [5, 5.41) is 9.46. The van der Waals surface area contributed by atoms with E-state index in [9.17, 15) is 0 Å². The van der Waals surface area contributed by atoms with E-state index in [1.807, 2.05) is 22.9 Å². The maximum atomic E-state index is 6.36. The summed E-state index contributed by atoms with van der Waals surface area (Å²) >= 11 is 12.4. The molecule has 116 valence electrons. The monoisotopic (exact) mass is 343 g/mol. The fraction of sp³-hybridized carbons (Fsp3) is 0.167. The second-order valence-electron chi connectivity index (χ2n) is 5.62. The van der Waals surface area contributed by atoms with Crippen molar-refractivity contribution in [3.8, 4) is 5.69 Å². The average Bonchev–Trinajstić information content (AvgIpc) is 3.13. The molecule has 4 rings (SSSR count). The van der Waals surface area contributed by atoms with Crippen molar-refractivity contribution in [2.45, 2.75) is 12.8 Å². The number of nitrogens with one attached hydrogen (secondary N) is 1. The molecule has 3 aromatic rings. The molecule has 2 heterocycles. The molecule has 23 heavy (non-hydrogen) atoms. The molecule has 1 aromatic heterocycles. The van der Waals surface area contributed by atoms with Gasteiger partial charge in [-0.2, -0.15) is 5.10 Å². The number of hydrogen-bond acceptors (Lipinski definition) is 2. The van der Waals surface area contributed by atoms with Crippen molar-refractivity contribution in [2.75, 3.05) is 11.9 Å². The molecule has 5 heteroatoms. The number of aromatic nitrogens is 2. The van der Waals surface area contributed by atoms with E-state index in [-0.39, 0.29) is 0 Å². The highest BCUT2D eigenvalue weighted by Gasteiger charge is 2.23. The van der Waals surface area contributed by atoms with Gasteiger partial charge in [0.15, 0.2) is 0 Å². The van der Waals surface area contributed by atoms with Crippen LogP contribution in [0.2, 0.25) is 10.0 Å². The fourth-order valence-corrected chi connectivity index (χ4v) is 3.49. The Bertz CT molecular complexity index is 856. The third-order valence-electron chi connectivity index (χ3n) is 4.09. The first kappa shape index (κ1) is 14.6. The van der Waals surface area contributed by atoms with Gasteiger partial charge in [0.25, 0.3) is 0 Å². The van der Waals surface area contributed by atoms with Gasteiger partial charge in [0.05, 0.1) is 16.4 Å². The molecule has 0 saturated heterocycles. The van der Waals surface area contributed by atoms with Gasteiger partial charge in [0.2, 0.25) is 0 Å². The van der Waals surface area contributed by atoms with Crippen molar-refractivity contribution in [3.05, 3.63) is 75.4 Å². The predicted octanol–water partition coefficient (Wildman–Crippen LogP) is 4.74. The molecular weight excluding hydrogens is 329 g/mol. The van der Waals surface area contributed by atoms with Gasteiger partial charge < -0.3 is 5.32 Å². The fourth-order valence-electron chi connectivity index (χ4n) is 3.00. The topological polar surface area (TPSA) is 29.9 Å². The van der Waals surface area contributed by atoms with E-state index in [1.54, 1.807) is 6.07 Å². The summed E-state index contributed by atoms with van der Waals surface area (Å²) in [4.78, 5) is 0.